The van der Waals surface area contributed by atoms with Gasteiger partial charge in [-0.3, -0.25) is 25.0 Å². The van der Waals surface area contributed by atoms with Crippen LogP contribution in [0.25, 0.3) is 0 Å². The Morgan fingerprint density at radius 3 is 2.16 bits per heavy atom. The molecule has 0 unspecified atom stereocenters. The second-order valence-corrected chi connectivity index (χ2v) is 5.20. The van der Waals surface area contributed by atoms with E-state index in [1.807, 2.05) is 0 Å². The molecule has 25 heavy (non-hydrogen) atoms. The first-order valence-electron chi connectivity index (χ1n) is 7.14. The van der Waals surface area contributed by atoms with E-state index in [0.29, 0.717) is 16.8 Å². The van der Waals surface area contributed by atoms with Gasteiger partial charge in [0.25, 0.3) is 17.3 Å². The van der Waals surface area contributed by atoms with Crippen LogP contribution in [0, 0.1) is 27.2 Å². The molecule has 2 aromatic rings. The van der Waals surface area contributed by atoms with Gasteiger partial charge in [0.2, 0.25) is 0 Å². The summed E-state index contributed by atoms with van der Waals surface area (Å²) in [6.45, 7) is 3.23. The smallest absolute Gasteiger partial charge is 0.267 e. The fourth-order valence-electron chi connectivity index (χ4n) is 2.03. The number of benzene rings is 2. The van der Waals surface area contributed by atoms with Gasteiger partial charge in [0.15, 0.2) is 0 Å². The van der Waals surface area contributed by atoms with Crippen LogP contribution in [0.4, 0.5) is 11.4 Å². The van der Waals surface area contributed by atoms with E-state index in [4.69, 9.17) is 0 Å². The third-order valence-electron chi connectivity index (χ3n) is 3.49. The molecule has 2 rings (SSSR count). The highest BCUT2D eigenvalue weighted by atomic mass is 16.6. The molecule has 0 saturated carbocycles. The van der Waals surface area contributed by atoms with Gasteiger partial charge >= 0.3 is 0 Å². The maximum absolute atomic E-state index is 12.0. The number of nitro groups is 2. The number of hydrogen-bond acceptors (Lipinski definition) is 6. The number of aryl methyl sites for hydroxylation is 1. The fourth-order valence-corrected chi connectivity index (χ4v) is 2.03. The summed E-state index contributed by atoms with van der Waals surface area (Å²) in [6, 6.07) is 9.71. The summed E-state index contributed by atoms with van der Waals surface area (Å²) < 4.78 is 0. The summed E-state index contributed by atoms with van der Waals surface area (Å²) in [5.74, 6) is -0.546. The Balaban J connectivity index is 2.15. The normalized spacial score (nSPS) is 11.0. The molecule has 9 nitrogen and oxygen atoms in total. The molecule has 0 saturated heterocycles. The van der Waals surface area contributed by atoms with Gasteiger partial charge < -0.3 is 0 Å². The molecule has 0 fully saturated rings. The topological polar surface area (TPSA) is 128 Å². The lowest BCUT2D eigenvalue weighted by atomic mass is 10.1. The van der Waals surface area contributed by atoms with E-state index >= 15 is 0 Å². The van der Waals surface area contributed by atoms with Crippen molar-refractivity contribution in [3.05, 3.63) is 79.4 Å². The van der Waals surface area contributed by atoms with Gasteiger partial charge in [-0.2, -0.15) is 5.10 Å². The zero-order valence-corrected chi connectivity index (χ0v) is 13.4. The van der Waals surface area contributed by atoms with E-state index < -0.39 is 15.8 Å². The van der Waals surface area contributed by atoms with Gasteiger partial charge in [-0.15, -0.1) is 0 Å². The Hall–Kier alpha value is -3.62. The highest BCUT2D eigenvalue weighted by molar-refractivity contribution is 6.01. The summed E-state index contributed by atoms with van der Waals surface area (Å²) in [4.78, 5) is 32.5. The van der Waals surface area contributed by atoms with Gasteiger partial charge in [-0.25, -0.2) is 5.43 Å². The minimum atomic E-state index is -0.561. The fraction of sp³-hybridized carbons (Fsp3) is 0.125. The second kappa shape index (κ2) is 7.30. The van der Waals surface area contributed by atoms with Crippen LogP contribution < -0.4 is 5.43 Å². The van der Waals surface area contributed by atoms with Crippen LogP contribution in [-0.2, 0) is 0 Å². The first-order valence-corrected chi connectivity index (χ1v) is 7.14. The average molecular weight is 342 g/mol. The van der Waals surface area contributed by atoms with Crippen molar-refractivity contribution in [2.75, 3.05) is 0 Å². The summed E-state index contributed by atoms with van der Waals surface area (Å²) in [5, 5.41) is 25.5. The van der Waals surface area contributed by atoms with Gasteiger partial charge in [0.1, 0.15) is 0 Å². The van der Waals surface area contributed by atoms with Crippen molar-refractivity contribution >= 4 is 23.0 Å². The molecular weight excluding hydrogens is 328 g/mol. The molecule has 128 valence electrons. The Kier molecular flexibility index (Phi) is 5.18. The molecule has 0 heterocycles. The molecule has 0 bridgehead atoms. The number of amides is 1. The summed E-state index contributed by atoms with van der Waals surface area (Å²) >= 11 is 0. The Morgan fingerprint density at radius 2 is 1.60 bits per heavy atom. The van der Waals surface area contributed by atoms with Crippen molar-refractivity contribution in [3.63, 3.8) is 0 Å². The second-order valence-electron chi connectivity index (χ2n) is 5.20. The van der Waals surface area contributed by atoms with Crippen LogP contribution in [0.1, 0.15) is 28.4 Å². The number of rotatable bonds is 5. The van der Waals surface area contributed by atoms with E-state index in [-0.39, 0.29) is 16.9 Å². The van der Waals surface area contributed by atoms with Crippen LogP contribution in [0.5, 0.6) is 0 Å². The molecule has 0 atom stereocenters. The molecule has 0 aliphatic heterocycles. The molecule has 1 amide bonds. The van der Waals surface area contributed by atoms with Crippen LogP contribution in [0.3, 0.4) is 0 Å². The Bertz CT molecular complexity index is 875. The van der Waals surface area contributed by atoms with Crippen LogP contribution in [0.15, 0.2) is 47.6 Å². The Labute approximate surface area is 142 Å². The first kappa shape index (κ1) is 17.7. The number of hydrogen-bond donors (Lipinski definition) is 1. The van der Waals surface area contributed by atoms with Gasteiger partial charge in [-0.05, 0) is 26.0 Å². The van der Waals surface area contributed by atoms with E-state index in [2.05, 4.69) is 10.5 Å². The van der Waals surface area contributed by atoms with Crippen molar-refractivity contribution < 1.29 is 14.6 Å². The summed E-state index contributed by atoms with van der Waals surface area (Å²) in [7, 11) is 0. The van der Waals surface area contributed by atoms with Gasteiger partial charge in [0.05, 0.1) is 15.6 Å². The Morgan fingerprint density at radius 1 is 1.00 bits per heavy atom. The number of nitro benzene ring substituents is 2. The molecular formula is C16H14N4O5. The molecule has 0 aliphatic carbocycles. The highest BCUT2D eigenvalue weighted by Gasteiger charge is 2.13. The first-order chi connectivity index (χ1) is 11.8. The molecule has 1 N–H and O–H groups in total. The summed E-state index contributed by atoms with van der Waals surface area (Å²) in [5.41, 5.74) is 3.78. The van der Waals surface area contributed by atoms with Crippen LogP contribution in [0.2, 0.25) is 0 Å². The summed E-state index contributed by atoms with van der Waals surface area (Å²) in [6.07, 6.45) is 0. The molecule has 0 aliphatic rings. The van der Waals surface area contributed by atoms with Crippen molar-refractivity contribution in [2.45, 2.75) is 13.8 Å². The molecule has 0 aromatic heterocycles. The van der Waals surface area contributed by atoms with E-state index in [9.17, 15) is 25.0 Å². The minimum absolute atomic E-state index is 0.0336. The number of hydrazone groups is 1. The lowest BCUT2D eigenvalue weighted by molar-refractivity contribution is -0.385. The van der Waals surface area contributed by atoms with Crippen molar-refractivity contribution in [1.29, 1.82) is 0 Å². The number of nitrogens with one attached hydrogen (secondary N) is 1. The maximum Gasteiger partial charge on any atom is 0.272 e. The molecule has 0 radical (unpaired) electrons. The number of non-ortho nitro benzene ring substituents is 1. The van der Waals surface area contributed by atoms with Crippen LogP contribution >= 0.6 is 0 Å². The van der Waals surface area contributed by atoms with Crippen molar-refractivity contribution in [2.24, 2.45) is 5.10 Å². The van der Waals surface area contributed by atoms with Gasteiger partial charge in [-0.1, -0.05) is 12.1 Å². The quantitative estimate of drug-likeness (QED) is 0.507. The SMILES string of the molecule is C/C(=N/NC(=O)c1ccc([N+](=O)[O-])cc1)c1ccc(C)c([N+](=O)[O-])c1. The highest BCUT2D eigenvalue weighted by Crippen LogP contribution is 2.19. The molecule has 0 spiro atoms. The lowest BCUT2D eigenvalue weighted by Crippen LogP contribution is -2.19. The minimum Gasteiger partial charge on any atom is -0.267 e. The zero-order valence-electron chi connectivity index (χ0n) is 13.4. The van der Waals surface area contributed by atoms with E-state index in [0.717, 1.165) is 0 Å². The predicted octanol–water partition coefficient (Wildman–Crippen LogP) is 2.97. The van der Waals surface area contributed by atoms with Crippen LogP contribution in [-0.4, -0.2) is 21.5 Å². The van der Waals surface area contributed by atoms with Gasteiger partial charge in [0, 0.05) is 34.9 Å². The molecule has 2 aromatic carbocycles. The number of carbonyl (C=O) groups excluding carboxylic acids is 1. The van der Waals surface area contributed by atoms with E-state index in [1.54, 1.807) is 26.0 Å². The van der Waals surface area contributed by atoms with Crippen molar-refractivity contribution in [1.82, 2.24) is 5.43 Å². The zero-order chi connectivity index (χ0) is 18.6. The third-order valence-corrected chi connectivity index (χ3v) is 3.49. The van der Waals surface area contributed by atoms with Crippen molar-refractivity contribution in [3.8, 4) is 0 Å². The largest absolute Gasteiger partial charge is 0.272 e. The lowest BCUT2D eigenvalue weighted by Gasteiger charge is -2.04. The third kappa shape index (κ3) is 4.22. The number of nitrogens with zero attached hydrogens (tertiary/aromatic N) is 3. The average Bonchev–Trinajstić information content (AvgIpc) is 2.59. The maximum atomic E-state index is 12.0. The van der Waals surface area contributed by atoms with E-state index in [1.165, 1.54) is 30.3 Å². The molecule has 9 heteroatoms. The predicted molar refractivity (Wildman–Crippen MR) is 90.6 cm³/mol. The monoisotopic (exact) mass is 342 g/mol. The number of carbonyl (C=O) groups is 1. The standard InChI is InChI=1S/C16H14N4O5/c1-10-3-4-13(9-15(10)20(24)25)11(2)17-18-16(21)12-5-7-14(8-6-12)19(22)23/h3-9H,1-2H3,(H,18,21)/b17-11-.